The minimum atomic E-state index is -3.70. The Labute approximate surface area is 136 Å². The van der Waals surface area contributed by atoms with Gasteiger partial charge in [-0.15, -0.1) is 0 Å². The molecule has 0 aliphatic carbocycles. The number of nitrogens with zero attached hydrogens (tertiary/aromatic N) is 1. The SMILES string of the molecule is CCCCN(C)C(=O)C(=O)NCCc1ccc(S(N)(=O)=O)cc1. The van der Waals surface area contributed by atoms with Gasteiger partial charge in [0.05, 0.1) is 4.90 Å². The average Bonchev–Trinajstić information content (AvgIpc) is 2.51. The minimum Gasteiger partial charge on any atom is -0.347 e. The predicted molar refractivity (Wildman–Crippen MR) is 87.1 cm³/mol. The maximum absolute atomic E-state index is 11.8. The summed E-state index contributed by atoms with van der Waals surface area (Å²) in [5.41, 5.74) is 0.837. The summed E-state index contributed by atoms with van der Waals surface area (Å²) in [5, 5.41) is 7.58. The van der Waals surface area contributed by atoms with Crippen molar-refractivity contribution in [1.82, 2.24) is 10.2 Å². The van der Waals surface area contributed by atoms with Crippen molar-refractivity contribution in [2.24, 2.45) is 5.14 Å². The van der Waals surface area contributed by atoms with Crippen LogP contribution in [0, 0.1) is 0 Å². The first kappa shape index (κ1) is 19.1. The van der Waals surface area contributed by atoms with Crippen LogP contribution in [0.1, 0.15) is 25.3 Å². The molecule has 3 N–H and O–H groups in total. The van der Waals surface area contributed by atoms with Gasteiger partial charge in [-0.2, -0.15) is 0 Å². The Bertz CT molecular complexity index is 641. The molecule has 8 heteroatoms. The first-order valence-corrected chi connectivity index (χ1v) is 8.95. The van der Waals surface area contributed by atoms with E-state index in [0.717, 1.165) is 18.4 Å². The van der Waals surface area contributed by atoms with E-state index in [9.17, 15) is 18.0 Å². The second-order valence-electron chi connectivity index (χ2n) is 5.28. The number of unbranched alkanes of at least 4 members (excludes halogenated alkanes) is 1. The molecule has 128 valence electrons. The van der Waals surface area contributed by atoms with Crippen LogP contribution in [0.2, 0.25) is 0 Å². The number of likely N-dealkylation sites (N-methyl/N-ethyl adjacent to an activating group) is 1. The molecule has 0 radical (unpaired) electrons. The second-order valence-corrected chi connectivity index (χ2v) is 6.84. The number of rotatable bonds is 7. The van der Waals surface area contributed by atoms with Gasteiger partial charge in [0.25, 0.3) is 0 Å². The monoisotopic (exact) mass is 341 g/mol. The van der Waals surface area contributed by atoms with Crippen LogP contribution in [0.15, 0.2) is 29.2 Å². The van der Waals surface area contributed by atoms with Crippen LogP contribution in [0.3, 0.4) is 0 Å². The van der Waals surface area contributed by atoms with Crippen molar-refractivity contribution in [3.63, 3.8) is 0 Å². The van der Waals surface area contributed by atoms with E-state index in [0.29, 0.717) is 19.5 Å². The molecular weight excluding hydrogens is 318 g/mol. The van der Waals surface area contributed by atoms with E-state index in [-0.39, 0.29) is 4.90 Å². The fourth-order valence-electron chi connectivity index (χ4n) is 1.91. The maximum atomic E-state index is 11.8. The van der Waals surface area contributed by atoms with Gasteiger partial charge in [-0.25, -0.2) is 13.6 Å². The third-order valence-corrected chi connectivity index (χ3v) is 4.27. The Kier molecular flexibility index (Phi) is 7.18. The third-order valence-electron chi connectivity index (χ3n) is 3.34. The molecule has 1 aromatic rings. The summed E-state index contributed by atoms with van der Waals surface area (Å²) in [6, 6.07) is 6.08. The molecule has 1 rings (SSSR count). The smallest absolute Gasteiger partial charge is 0.311 e. The average molecular weight is 341 g/mol. The van der Waals surface area contributed by atoms with Gasteiger partial charge in [-0.1, -0.05) is 25.5 Å². The van der Waals surface area contributed by atoms with Crippen LogP contribution in [0.25, 0.3) is 0 Å². The van der Waals surface area contributed by atoms with Crippen LogP contribution in [0.5, 0.6) is 0 Å². The number of hydrogen-bond donors (Lipinski definition) is 2. The van der Waals surface area contributed by atoms with Crippen LogP contribution in [-0.4, -0.2) is 45.3 Å². The van der Waals surface area contributed by atoms with Gasteiger partial charge in [0, 0.05) is 20.1 Å². The highest BCUT2D eigenvalue weighted by atomic mass is 32.2. The summed E-state index contributed by atoms with van der Waals surface area (Å²) in [5.74, 6) is -1.19. The quantitative estimate of drug-likeness (QED) is 0.693. The van der Waals surface area contributed by atoms with E-state index in [1.54, 1.807) is 19.2 Å². The first-order chi connectivity index (χ1) is 10.8. The summed E-state index contributed by atoms with van der Waals surface area (Å²) < 4.78 is 22.3. The lowest BCUT2D eigenvalue weighted by Crippen LogP contribution is -2.42. The number of sulfonamides is 1. The Hall–Kier alpha value is -1.93. The number of primary sulfonamides is 1. The summed E-state index contributed by atoms with van der Waals surface area (Å²) in [6.45, 7) is 2.86. The highest BCUT2D eigenvalue weighted by molar-refractivity contribution is 7.89. The zero-order valence-corrected chi connectivity index (χ0v) is 14.2. The lowest BCUT2D eigenvalue weighted by Gasteiger charge is -2.16. The number of nitrogens with one attached hydrogen (secondary N) is 1. The summed E-state index contributed by atoms with van der Waals surface area (Å²) in [7, 11) is -2.10. The number of carbonyl (C=O) groups is 2. The largest absolute Gasteiger partial charge is 0.347 e. The standard InChI is InChI=1S/C15H23N3O4S/c1-3-4-11-18(2)15(20)14(19)17-10-9-12-5-7-13(8-6-12)23(16,21)22/h5-8H,3-4,9-11H2,1-2H3,(H,17,19)(H2,16,21,22). The summed E-state index contributed by atoms with van der Waals surface area (Å²) in [4.78, 5) is 24.9. The van der Waals surface area contributed by atoms with E-state index in [2.05, 4.69) is 5.32 Å². The first-order valence-electron chi connectivity index (χ1n) is 7.40. The Morgan fingerprint density at radius 3 is 2.35 bits per heavy atom. The Morgan fingerprint density at radius 1 is 1.22 bits per heavy atom. The van der Waals surface area contributed by atoms with Gasteiger partial charge >= 0.3 is 11.8 Å². The molecule has 0 unspecified atom stereocenters. The minimum absolute atomic E-state index is 0.0398. The number of carbonyl (C=O) groups excluding carboxylic acids is 2. The van der Waals surface area contributed by atoms with Gasteiger partial charge in [-0.05, 0) is 30.5 Å². The fraction of sp³-hybridized carbons (Fsp3) is 0.467. The Balaban J connectivity index is 2.44. The molecule has 0 fully saturated rings. The zero-order chi connectivity index (χ0) is 17.5. The van der Waals surface area contributed by atoms with Crippen LogP contribution < -0.4 is 10.5 Å². The van der Waals surface area contributed by atoms with E-state index in [4.69, 9.17) is 5.14 Å². The molecule has 1 aromatic carbocycles. The molecule has 0 saturated carbocycles. The molecular formula is C15H23N3O4S. The topological polar surface area (TPSA) is 110 Å². The molecule has 0 aliphatic rings. The van der Waals surface area contributed by atoms with Crippen molar-refractivity contribution in [3.05, 3.63) is 29.8 Å². The van der Waals surface area contributed by atoms with Crippen molar-refractivity contribution in [2.45, 2.75) is 31.1 Å². The molecule has 23 heavy (non-hydrogen) atoms. The zero-order valence-electron chi connectivity index (χ0n) is 13.4. The van der Waals surface area contributed by atoms with Gasteiger partial charge in [-0.3, -0.25) is 9.59 Å². The van der Waals surface area contributed by atoms with Gasteiger partial charge in [0.15, 0.2) is 0 Å². The van der Waals surface area contributed by atoms with E-state index in [1.165, 1.54) is 17.0 Å². The van der Waals surface area contributed by atoms with Gasteiger partial charge in [0.1, 0.15) is 0 Å². The highest BCUT2D eigenvalue weighted by Crippen LogP contribution is 2.08. The molecule has 7 nitrogen and oxygen atoms in total. The Morgan fingerprint density at radius 2 is 1.83 bits per heavy atom. The predicted octanol–water partition coefficient (Wildman–Crippen LogP) is 0.251. The molecule has 0 aromatic heterocycles. The van der Waals surface area contributed by atoms with Crippen molar-refractivity contribution >= 4 is 21.8 Å². The molecule has 0 heterocycles. The van der Waals surface area contributed by atoms with E-state index < -0.39 is 21.8 Å². The number of amides is 2. The lowest BCUT2D eigenvalue weighted by molar-refractivity contribution is -0.145. The molecule has 0 saturated heterocycles. The van der Waals surface area contributed by atoms with Gasteiger partial charge < -0.3 is 10.2 Å². The summed E-state index contributed by atoms with van der Waals surface area (Å²) in [6.07, 6.45) is 2.29. The molecule has 0 spiro atoms. The van der Waals surface area contributed by atoms with E-state index in [1.807, 2.05) is 6.92 Å². The van der Waals surface area contributed by atoms with Crippen LogP contribution in [-0.2, 0) is 26.0 Å². The molecule has 0 aliphatic heterocycles. The molecule has 0 bridgehead atoms. The number of nitrogens with two attached hydrogens (primary N) is 1. The van der Waals surface area contributed by atoms with Crippen molar-refractivity contribution in [1.29, 1.82) is 0 Å². The lowest BCUT2D eigenvalue weighted by atomic mass is 10.1. The third kappa shape index (κ3) is 6.37. The maximum Gasteiger partial charge on any atom is 0.311 e. The summed E-state index contributed by atoms with van der Waals surface area (Å²) >= 11 is 0. The van der Waals surface area contributed by atoms with Gasteiger partial charge in [0.2, 0.25) is 10.0 Å². The second kappa shape index (κ2) is 8.64. The van der Waals surface area contributed by atoms with Crippen molar-refractivity contribution in [2.75, 3.05) is 20.1 Å². The number of hydrogen-bond acceptors (Lipinski definition) is 4. The van der Waals surface area contributed by atoms with Crippen LogP contribution in [0.4, 0.5) is 0 Å². The van der Waals surface area contributed by atoms with Crippen LogP contribution >= 0.6 is 0 Å². The number of benzene rings is 1. The van der Waals surface area contributed by atoms with Crippen molar-refractivity contribution < 1.29 is 18.0 Å². The van der Waals surface area contributed by atoms with Crippen molar-refractivity contribution in [3.8, 4) is 0 Å². The fourth-order valence-corrected chi connectivity index (χ4v) is 2.43. The molecule has 2 amide bonds. The molecule has 0 atom stereocenters. The highest BCUT2D eigenvalue weighted by Gasteiger charge is 2.17. The normalized spacial score (nSPS) is 11.1. The van der Waals surface area contributed by atoms with E-state index >= 15 is 0 Å².